The van der Waals surface area contributed by atoms with Crippen LogP contribution in [0.1, 0.15) is 22.8 Å². The highest BCUT2D eigenvalue weighted by Gasteiger charge is 2.36. The topological polar surface area (TPSA) is 57.6 Å². The highest BCUT2D eigenvalue weighted by atomic mass is 79.9. The van der Waals surface area contributed by atoms with E-state index in [4.69, 9.17) is 0 Å². The van der Waals surface area contributed by atoms with E-state index < -0.39 is 34.6 Å². The third kappa shape index (κ3) is 4.93. The van der Waals surface area contributed by atoms with E-state index in [0.717, 1.165) is 10.8 Å². The summed E-state index contributed by atoms with van der Waals surface area (Å²) in [7, 11) is 3.22. The molecule has 1 N–H and O–H groups in total. The molecule has 168 valence electrons. The number of carbonyl (C=O) groups excluding carboxylic acids is 1. The monoisotopic (exact) mass is 504 g/mol. The van der Waals surface area contributed by atoms with Gasteiger partial charge in [-0.05, 0) is 36.0 Å². The summed E-state index contributed by atoms with van der Waals surface area (Å²) in [5.41, 5.74) is -2.39. The Morgan fingerprint density at radius 1 is 1.19 bits per heavy atom. The maximum absolute atomic E-state index is 14.3. The Labute approximate surface area is 184 Å². The predicted molar refractivity (Wildman–Crippen MR) is 113 cm³/mol. The molecule has 1 aromatic carbocycles. The molecule has 1 amide bonds. The van der Waals surface area contributed by atoms with Crippen LogP contribution in [0.25, 0.3) is 0 Å². The summed E-state index contributed by atoms with van der Waals surface area (Å²) in [5, 5.41) is 2.47. The Balaban J connectivity index is 2.02. The van der Waals surface area contributed by atoms with Gasteiger partial charge in [-0.15, -0.1) is 0 Å². The molecule has 1 aliphatic heterocycles. The van der Waals surface area contributed by atoms with Gasteiger partial charge in [-0.2, -0.15) is 13.2 Å². The second-order valence-electron chi connectivity index (χ2n) is 7.56. The molecule has 1 aliphatic rings. The highest BCUT2D eigenvalue weighted by molar-refractivity contribution is 9.10. The van der Waals surface area contributed by atoms with Crippen molar-refractivity contribution in [1.82, 2.24) is 9.47 Å². The minimum atomic E-state index is -4.89. The zero-order valence-corrected chi connectivity index (χ0v) is 18.6. The number of aryl methyl sites for hydroxylation is 1. The van der Waals surface area contributed by atoms with Crippen LogP contribution in [0.2, 0.25) is 0 Å². The van der Waals surface area contributed by atoms with Crippen LogP contribution in [0.5, 0.6) is 0 Å². The predicted octanol–water partition coefficient (Wildman–Crippen LogP) is 3.70. The van der Waals surface area contributed by atoms with E-state index in [1.165, 1.54) is 19.2 Å². The lowest BCUT2D eigenvalue weighted by molar-refractivity contribution is -0.138. The van der Waals surface area contributed by atoms with Gasteiger partial charge in [0, 0.05) is 51.1 Å². The number of alkyl halides is 3. The van der Waals surface area contributed by atoms with E-state index >= 15 is 0 Å². The molecule has 0 spiro atoms. The fourth-order valence-corrected chi connectivity index (χ4v) is 3.74. The lowest BCUT2D eigenvalue weighted by Crippen LogP contribution is -2.50. The van der Waals surface area contributed by atoms with Crippen LogP contribution in [0.4, 0.5) is 28.9 Å². The van der Waals surface area contributed by atoms with Crippen LogP contribution < -0.4 is 15.8 Å². The first-order chi connectivity index (χ1) is 14.4. The standard InChI is InChI=1S/C20H21BrF4N4O2/c1-11-9-29(5-4-27(11)2)17-8-15(22)14(21)7-16(17)26-19(31)12-10-28(3)18(30)6-13(12)20(23,24)25/h6-8,10-11H,4-5,9H2,1-3H3,(H,26,31)/t11-/m0/s1. The lowest BCUT2D eigenvalue weighted by Gasteiger charge is -2.39. The number of nitrogens with zero attached hydrogens (tertiary/aromatic N) is 3. The Hall–Kier alpha value is -2.40. The van der Waals surface area contributed by atoms with E-state index in [2.05, 4.69) is 26.1 Å². The summed E-state index contributed by atoms with van der Waals surface area (Å²) >= 11 is 3.06. The van der Waals surface area contributed by atoms with E-state index in [9.17, 15) is 27.2 Å². The number of aromatic nitrogens is 1. The number of carbonyl (C=O) groups is 1. The normalized spacial score (nSPS) is 17.7. The number of nitrogens with one attached hydrogen (secondary N) is 1. The van der Waals surface area contributed by atoms with Crippen LogP contribution in [0, 0.1) is 5.82 Å². The molecule has 6 nitrogen and oxygen atoms in total. The number of halogens is 5. The molecular formula is C20H21BrF4N4O2. The van der Waals surface area contributed by atoms with Crippen LogP contribution in [0.15, 0.2) is 33.7 Å². The van der Waals surface area contributed by atoms with Gasteiger partial charge in [-0.1, -0.05) is 0 Å². The Bertz CT molecular complexity index is 1070. The second-order valence-corrected chi connectivity index (χ2v) is 8.42. The Morgan fingerprint density at radius 3 is 2.48 bits per heavy atom. The van der Waals surface area contributed by atoms with Crippen molar-refractivity contribution in [3.63, 3.8) is 0 Å². The minimum Gasteiger partial charge on any atom is -0.367 e. The third-order valence-corrected chi connectivity index (χ3v) is 5.97. The third-order valence-electron chi connectivity index (χ3n) is 5.37. The summed E-state index contributed by atoms with van der Waals surface area (Å²) in [5.74, 6) is -1.61. The molecule has 0 bridgehead atoms. The molecule has 2 heterocycles. The molecule has 3 rings (SSSR count). The first-order valence-corrected chi connectivity index (χ1v) is 10.2. The number of piperazine rings is 1. The lowest BCUT2D eigenvalue weighted by atomic mass is 10.1. The first kappa shape index (κ1) is 23.3. The van der Waals surface area contributed by atoms with Crippen LogP contribution in [-0.2, 0) is 13.2 Å². The molecule has 0 unspecified atom stereocenters. The van der Waals surface area contributed by atoms with E-state index in [0.29, 0.717) is 31.4 Å². The first-order valence-electron chi connectivity index (χ1n) is 9.42. The molecule has 1 aromatic heterocycles. The van der Waals surface area contributed by atoms with Crippen LogP contribution in [0.3, 0.4) is 0 Å². The zero-order valence-electron chi connectivity index (χ0n) is 17.1. The summed E-state index contributed by atoms with van der Waals surface area (Å²) in [6, 6.07) is 3.10. The summed E-state index contributed by atoms with van der Waals surface area (Å²) in [6.07, 6.45) is -4.05. The van der Waals surface area contributed by atoms with Gasteiger partial charge in [0.15, 0.2) is 0 Å². The van der Waals surface area contributed by atoms with Crippen LogP contribution >= 0.6 is 15.9 Å². The number of benzene rings is 1. The SMILES string of the molecule is C[C@H]1CN(c2cc(F)c(Br)cc2NC(=O)c2cn(C)c(=O)cc2C(F)(F)F)CCN1C. The average molecular weight is 505 g/mol. The summed E-state index contributed by atoms with van der Waals surface area (Å²) in [4.78, 5) is 28.5. The number of hydrogen-bond acceptors (Lipinski definition) is 4. The Kier molecular flexibility index (Phi) is 6.47. The van der Waals surface area contributed by atoms with Crippen molar-refractivity contribution in [2.45, 2.75) is 19.1 Å². The molecule has 1 atom stereocenters. The summed E-state index contributed by atoms with van der Waals surface area (Å²) in [6.45, 7) is 3.80. The van der Waals surface area contributed by atoms with Crippen molar-refractivity contribution in [3.05, 3.63) is 56.2 Å². The molecule has 1 saturated heterocycles. The smallest absolute Gasteiger partial charge is 0.367 e. The summed E-state index contributed by atoms with van der Waals surface area (Å²) < 4.78 is 55.5. The van der Waals surface area contributed by atoms with Gasteiger partial charge in [0.1, 0.15) is 5.82 Å². The highest BCUT2D eigenvalue weighted by Crippen LogP contribution is 2.35. The average Bonchev–Trinajstić information content (AvgIpc) is 2.67. The van der Waals surface area contributed by atoms with Gasteiger partial charge in [0.05, 0.1) is 27.0 Å². The van der Waals surface area contributed by atoms with E-state index in [1.54, 1.807) is 0 Å². The molecular weight excluding hydrogens is 484 g/mol. The van der Waals surface area contributed by atoms with Gasteiger partial charge in [0.2, 0.25) is 0 Å². The largest absolute Gasteiger partial charge is 0.417 e. The van der Waals surface area contributed by atoms with Gasteiger partial charge >= 0.3 is 6.18 Å². The van der Waals surface area contributed by atoms with E-state index in [1.807, 2.05) is 18.9 Å². The van der Waals surface area contributed by atoms with Gasteiger partial charge in [-0.3, -0.25) is 9.59 Å². The fourth-order valence-electron chi connectivity index (χ4n) is 3.40. The molecule has 0 radical (unpaired) electrons. The maximum Gasteiger partial charge on any atom is 0.417 e. The molecule has 1 fully saturated rings. The molecule has 31 heavy (non-hydrogen) atoms. The van der Waals surface area contributed by atoms with Gasteiger partial charge in [-0.25, -0.2) is 4.39 Å². The molecule has 0 aliphatic carbocycles. The van der Waals surface area contributed by atoms with Gasteiger partial charge < -0.3 is 19.7 Å². The van der Waals surface area contributed by atoms with E-state index in [-0.39, 0.29) is 16.2 Å². The molecule has 11 heteroatoms. The maximum atomic E-state index is 14.3. The number of rotatable bonds is 3. The number of hydrogen-bond donors (Lipinski definition) is 1. The minimum absolute atomic E-state index is 0.0604. The van der Waals surface area contributed by atoms with Crippen LogP contribution in [-0.4, -0.2) is 48.1 Å². The van der Waals surface area contributed by atoms with Crippen molar-refractivity contribution < 1.29 is 22.4 Å². The Morgan fingerprint density at radius 2 is 1.87 bits per heavy atom. The fraction of sp³-hybridized carbons (Fsp3) is 0.400. The van der Waals surface area contributed by atoms with Gasteiger partial charge in [0.25, 0.3) is 11.5 Å². The number of amides is 1. The van der Waals surface area contributed by atoms with Crippen molar-refractivity contribution in [2.75, 3.05) is 36.9 Å². The second kappa shape index (κ2) is 8.62. The number of pyridine rings is 1. The molecule has 2 aromatic rings. The van der Waals surface area contributed by atoms with Crippen molar-refractivity contribution in [2.24, 2.45) is 7.05 Å². The van der Waals surface area contributed by atoms with Crippen molar-refractivity contribution in [3.8, 4) is 0 Å². The zero-order chi connectivity index (χ0) is 23.1. The number of anilines is 2. The van der Waals surface area contributed by atoms with Crippen molar-refractivity contribution >= 4 is 33.2 Å². The number of likely N-dealkylation sites (N-methyl/N-ethyl adjacent to an activating group) is 1. The van der Waals surface area contributed by atoms with Crippen molar-refractivity contribution in [1.29, 1.82) is 0 Å². The molecule has 0 saturated carbocycles. The quantitative estimate of drug-likeness (QED) is 0.647.